The number of carbonyl (C=O) groups excluding carboxylic acids is 3. The van der Waals surface area contributed by atoms with Crippen molar-refractivity contribution in [1.82, 2.24) is 24.5 Å². The van der Waals surface area contributed by atoms with E-state index in [1.165, 1.54) is 6.26 Å². The van der Waals surface area contributed by atoms with E-state index in [-0.39, 0.29) is 23.6 Å². The SMILES string of the molecule is CCN(CC)C(=O)[C@H]1CCCN(C(=O)c2nn(C)c3c2CN(C(=O)c2ccco2)CC3)C1. The summed E-state index contributed by atoms with van der Waals surface area (Å²) in [4.78, 5) is 44.4. The van der Waals surface area contributed by atoms with Crippen molar-refractivity contribution in [3.05, 3.63) is 41.1 Å². The van der Waals surface area contributed by atoms with Crippen molar-refractivity contribution >= 4 is 17.7 Å². The van der Waals surface area contributed by atoms with Crippen LogP contribution in [0, 0.1) is 5.92 Å². The standard InChI is InChI=1S/C23H31N5O4/c1-4-26(5-2)21(29)16-8-6-11-27(14-16)23(31)20-17-15-28(12-10-18(17)25(3)24-20)22(30)19-9-7-13-32-19/h7,9,13,16H,4-6,8,10-12,14-15H2,1-3H3/t16-/m0/s1. The molecular weight excluding hydrogens is 410 g/mol. The number of carbonyl (C=O) groups is 3. The van der Waals surface area contributed by atoms with Crippen molar-refractivity contribution in [2.75, 3.05) is 32.7 Å². The van der Waals surface area contributed by atoms with Gasteiger partial charge in [-0.05, 0) is 38.8 Å². The van der Waals surface area contributed by atoms with E-state index in [1.54, 1.807) is 26.6 Å². The van der Waals surface area contributed by atoms with Gasteiger partial charge in [0, 0.05) is 57.4 Å². The minimum absolute atomic E-state index is 0.116. The molecule has 9 nitrogen and oxygen atoms in total. The van der Waals surface area contributed by atoms with Crippen molar-refractivity contribution in [2.45, 2.75) is 39.7 Å². The lowest BCUT2D eigenvalue weighted by molar-refractivity contribution is -0.136. The molecule has 0 saturated carbocycles. The predicted octanol–water partition coefficient (Wildman–Crippen LogP) is 1.93. The Morgan fingerprint density at radius 2 is 1.94 bits per heavy atom. The maximum atomic E-state index is 13.5. The fourth-order valence-electron chi connectivity index (χ4n) is 4.80. The number of amides is 3. The van der Waals surface area contributed by atoms with Crippen LogP contribution in [-0.4, -0.2) is 74.9 Å². The van der Waals surface area contributed by atoms with Gasteiger partial charge in [-0.25, -0.2) is 0 Å². The number of nitrogens with zero attached hydrogens (tertiary/aromatic N) is 5. The number of fused-ring (bicyclic) bond motifs is 1. The average Bonchev–Trinajstić information content (AvgIpc) is 3.47. The third-order valence-electron chi connectivity index (χ3n) is 6.60. The Kier molecular flexibility index (Phi) is 6.34. The number of aryl methyl sites for hydroxylation is 1. The number of hydrogen-bond donors (Lipinski definition) is 0. The minimum atomic E-state index is -0.189. The molecule has 4 heterocycles. The van der Waals surface area contributed by atoms with Gasteiger partial charge in [0.1, 0.15) is 0 Å². The molecule has 0 aliphatic carbocycles. The van der Waals surface area contributed by atoms with Crippen LogP contribution in [0.2, 0.25) is 0 Å². The fourth-order valence-corrected chi connectivity index (χ4v) is 4.80. The van der Waals surface area contributed by atoms with Gasteiger partial charge < -0.3 is 19.1 Å². The summed E-state index contributed by atoms with van der Waals surface area (Å²) in [6.07, 6.45) is 3.70. The summed E-state index contributed by atoms with van der Waals surface area (Å²) >= 11 is 0. The normalized spacial score (nSPS) is 18.4. The smallest absolute Gasteiger partial charge is 0.289 e. The Balaban J connectivity index is 1.53. The molecule has 2 aliphatic rings. The van der Waals surface area contributed by atoms with Crippen LogP contribution in [0.5, 0.6) is 0 Å². The van der Waals surface area contributed by atoms with Crippen molar-refractivity contribution in [3.8, 4) is 0 Å². The van der Waals surface area contributed by atoms with Crippen LogP contribution >= 0.6 is 0 Å². The van der Waals surface area contributed by atoms with Gasteiger partial charge in [0.15, 0.2) is 11.5 Å². The quantitative estimate of drug-likeness (QED) is 0.707. The van der Waals surface area contributed by atoms with E-state index >= 15 is 0 Å². The molecule has 2 aromatic heterocycles. The molecule has 2 aromatic rings. The Labute approximate surface area is 187 Å². The van der Waals surface area contributed by atoms with Gasteiger partial charge in [-0.15, -0.1) is 0 Å². The number of likely N-dealkylation sites (tertiary alicyclic amines) is 1. The molecule has 0 aromatic carbocycles. The second kappa shape index (κ2) is 9.18. The summed E-state index contributed by atoms with van der Waals surface area (Å²) in [5.41, 5.74) is 2.15. The lowest BCUT2D eigenvalue weighted by Crippen LogP contribution is -2.47. The Morgan fingerprint density at radius 3 is 2.62 bits per heavy atom. The lowest BCUT2D eigenvalue weighted by atomic mass is 9.95. The van der Waals surface area contributed by atoms with Crippen LogP contribution in [0.25, 0.3) is 0 Å². The molecule has 2 aliphatic heterocycles. The molecular formula is C23H31N5O4. The highest BCUT2D eigenvalue weighted by molar-refractivity contribution is 5.95. The maximum absolute atomic E-state index is 13.5. The summed E-state index contributed by atoms with van der Waals surface area (Å²) in [6, 6.07) is 3.34. The van der Waals surface area contributed by atoms with Gasteiger partial charge >= 0.3 is 0 Å². The molecule has 0 radical (unpaired) electrons. The molecule has 0 N–H and O–H groups in total. The van der Waals surface area contributed by atoms with E-state index < -0.39 is 0 Å². The largest absolute Gasteiger partial charge is 0.459 e. The number of hydrogen-bond acceptors (Lipinski definition) is 5. The Morgan fingerprint density at radius 1 is 1.16 bits per heavy atom. The van der Waals surface area contributed by atoms with Crippen molar-refractivity contribution in [2.24, 2.45) is 13.0 Å². The number of aromatic nitrogens is 2. The molecule has 4 rings (SSSR count). The topological polar surface area (TPSA) is 91.9 Å². The van der Waals surface area contributed by atoms with E-state index in [0.29, 0.717) is 57.1 Å². The zero-order valence-corrected chi connectivity index (χ0v) is 19.0. The second-order valence-electron chi connectivity index (χ2n) is 8.45. The van der Waals surface area contributed by atoms with Crippen LogP contribution in [0.1, 0.15) is 59.0 Å². The highest BCUT2D eigenvalue weighted by Gasteiger charge is 2.35. The first-order chi connectivity index (χ1) is 15.4. The molecule has 3 amide bonds. The summed E-state index contributed by atoms with van der Waals surface area (Å²) in [5.74, 6) is -0.120. The summed E-state index contributed by atoms with van der Waals surface area (Å²) in [5, 5.41) is 4.53. The van der Waals surface area contributed by atoms with Gasteiger partial charge in [0.05, 0.1) is 18.7 Å². The van der Waals surface area contributed by atoms with Crippen LogP contribution < -0.4 is 0 Å². The lowest BCUT2D eigenvalue weighted by Gasteiger charge is -2.34. The Bertz CT molecular complexity index is 992. The van der Waals surface area contributed by atoms with Crippen molar-refractivity contribution in [3.63, 3.8) is 0 Å². The van der Waals surface area contributed by atoms with E-state index in [2.05, 4.69) is 5.10 Å². The van der Waals surface area contributed by atoms with Gasteiger partial charge in [0.25, 0.3) is 11.8 Å². The average molecular weight is 442 g/mol. The van der Waals surface area contributed by atoms with E-state index in [0.717, 1.165) is 24.1 Å². The third-order valence-corrected chi connectivity index (χ3v) is 6.60. The first-order valence-corrected chi connectivity index (χ1v) is 11.4. The van der Waals surface area contributed by atoms with Crippen LogP contribution in [-0.2, 0) is 24.8 Å². The molecule has 0 unspecified atom stereocenters. The van der Waals surface area contributed by atoms with Gasteiger partial charge in [-0.3, -0.25) is 19.1 Å². The number of rotatable bonds is 5. The molecule has 172 valence electrons. The van der Waals surface area contributed by atoms with E-state index in [9.17, 15) is 14.4 Å². The summed E-state index contributed by atoms with van der Waals surface area (Å²) < 4.78 is 7.01. The zero-order chi connectivity index (χ0) is 22.8. The second-order valence-corrected chi connectivity index (χ2v) is 8.45. The first-order valence-electron chi connectivity index (χ1n) is 11.4. The minimum Gasteiger partial charge on any atom is -0.459 e. The highest BCUT2D eigenvalue weighted by atomic mass is 16.3. The van der Waals surface area contributed by atoms with E-state index in [1.807, 2.05) is 25.8 Å². The predicted molar refractivity (Wildman–Crippen MR) is 117 cm³/mol. The first kappa shape index (κ1) is 22.1. The number of furan rings is 1. The molecule has 32 heavy (non-hydrogen) atoms. The third kappa shape index (κ3) is 4.03. The monoisotopic (exact) mass is 441 g/mol. The van der Waals surface area contributed by atoms with Crippen molar-refractivity contribution in [1.29, 1.82) is 0 Å². The molecule has 1 fully saturated rings. The van der Waals surface area contributed by atoms with Crippen LogP contribution in [0.3, 0.4) is 0 Å². The van der Waals surface area contributed by atoms with Crippen LogP contribution in [0.15, 0.2) is 22.8 Å². The molecule has 0 bridgehead atoms. The van der Waals surface area contributed by atoms with Gasteiger partial charge in [-0.1, -0.05) is 0 Å². The van der Waals surface area contributed by atoms with Gasteiger partial charge in [-0.2, -0.15) is 5.10 Å². The maximum Gasteiger partial charge on any atom is 0.289 e. The molecule has 1 saturated heterocycles. The highest BCUT2D eigenvalue weighted by Crippen LogP contribution is 2.27. The fraction of sp³-hybridized carbons (Fsp3) is 0.565. The number of piperidine rings is 1. The summed E-state index contributed by atoms with van der Waals surface area (Å²) in [6.45, 7) is 7.19. The summed E-state index contributed by atoms with van der Waals surface area (Å²) in [7, 11) is 1.84. The van der Waals surface area contributed by atoms with Crippen LogP contribution in [0.4, 0.5) is 0 Å². The zero-order valence-electron chi connectivity index (χ0n) is 19.0. The van der Waals surface area contributed by atoms with Crippen molar-refractivity contribution < 1.29 is 18.8 Å². The van der Waals surface area contributed by atoms with E-state index in [4.69, 9.17) is 4.42 Å². The van der Waals surface area contributed by atoms with Gasteiger partial charge in [0.2, 0.25) is 5.91 Å². The molecule has 0 spiro atoms. The molecule has 1 atom stereocenters. The Hall–Kier alpha value is -3.10. The molecule has 9 heteroatoms.